The number of nitrogens with one attached hydrogen (secondary N) is 2. The number of pyridine rings is 1. The van der Waals surface area contributed by atoms with E-state index < -0.39 is 5.91 Å². The van der Waals surface area contributed by atoms with E-state index in [0.717, 1.165) is 0 Å². The van der Waals surface area contributed by atoms with Gasteiger partial charge in [-0.05, 0) is 19.9 Å². The van der Waals surface area contributed by atoms with Crippen LogP contribution in [0.15, 0.2) is 23.0 Å². The van der Waals surface area contributed by atoms with Gasteiger partial charge in [-0.2, -0.15) is 5.10 Å². The molecule has 2 N–H and O–H groups in total. The highest BCUT2D eigenvalue weighted by Gasteiger charge is 2.09. The molecule has 0 saturated carbocycles. The van der Waals surface area contributed by atoms with Crippen LogP contribution >= 0.6 is 0 Å². The molecule has 2 heterocycles. The lowest BCUT2D eigenvalue weighted by Gasteiger charge is -2.04. The van der Waals surface area contributed by atoms with Crippen LogP contribution in [0, 0.1) is 13.8 Å². The van der Waals surface area contributed by atoms with E-state index in [1.54, 1.807) is 13.8 Å². The van der Waals surface area contributed by atoms with E-state index >= 15 is 0 Å². The minimum absolute atomic E-state index is 0.104. The van der Waals surface area contributed by atoms with Gasteiger partial charge < -0.3 is 4.98 Å². The number of carbonyl (C=O) groups excluding carboxylic acids is 1. The first kappa shape index (κ1) is 11.9. The molecule has 0 fully saturated rings. The van der Waals surface area contributed by atoms with Gasteiger partial charge in [0.15, 0.2) is 0 Å². The van der Waals surface area contributed by atoms with Crippen molar-refractivity contribution >= 4 is 11.9 Å². The summed E-state index contributed by atoms with van der Waals surface area (Å²) in [6.45, 7) is 3.54. The maximum absolute atomic E-state index is 11.8. The maximum Gasteiger partial charge on any atom is 0.274 e. The minimum atomic E-state index is -0.488. The second-order valence-corrected chi connectivity index (χ2v) is 3.69. The van der Waals surface area contributed by atoms with Gasteiger partial charge >= 0.3 is 0 Å². The van der Waals surface area contributed by atoms with Crippen LogP contribution in [-0.2, 0) is 0 Å². The zero-order valence-electron chi connectivity index (χ0n) is 9.89. The van der Waals surface area contributed by atoms with Crippen molar-refractivity contribution in [2.45, 2.75) is 13.8 Å². The number of carbonyl (C=O) groups is 1. The Hall–Kier alpha value is -2.57. The number of H-pyrrole nitrogens is 1. The molecule has 0 bridgehead atoms. The van der Waals surface area contributed by atoms with Crippen molar-refractivity contribution in [2.24, 2.45) is 0 Å². The van der Waals surface area contributed by atoms with Gasteiger partial charge in [0.1, 0.15) is 5.69 Å². The summed E-state index contributed by atoms with van der Waals surface area (Å²) < 4.78 is 0. The standard InChI is InChI=1S/C11H11N5O2/c1-6-7(2)15-16-11(12-6)14-10(18)8-4-3-5-9(17)13-8/h3-5H,1-2H3,(H,13,17)(H,12,14,16,18). The summed E-state index contributed by atoms with van der Waals surface area (Å²) in [5, 5.41) is 10.0. The Morgan fingerprint density at radius 2 is 2.00 bits per heavy atom. The van der Waals surface area contributed by atoms with E-state index in [-0.39, 0.29) is 17.2 Å². The summed E-state index contributed by atoms with van der Waals surface area (Å²) in [4.78, 5) is 29.3. The van der Waals surface area contributed by atoms with E-state index in [2.05, 4.69) is 25.5 Å². The molecule has 0 aliphatic heterocycles. The van der Waals surface area contributed by atoms with Gasteiger partial charge in [0.25, 0.3) is 5.91 Å². The van der Waals surface area contributed by atoms with Crippen molar-refractivity contribution in [2.75, 3.05) is 5.32 Å². The lowest BCUT2D eigenvalue weighted by atomic mass is 10.3. The maximum atomic E-state index is 11.8. The number of anilines is 1. The van der Waals surface area contributed by atoms with E-state index in [4.69, 9.17) is 0 Å². The normalized spacial score (nSPS) is 10.1. The first-order chi connectivity index (χ1) is 8.56. The molecule has 0 aliphatic carbocycles. The fraction of sp³-hybridized carbons (Fsp3) is 0.182. The van der Waals surface area contributed by atoms with E-state index in [1.165, 1.54) is 18.2 Å². The summed E-state index contributed by atoms with van der Waals surface area (Å²) in [6, 6.07) is 4.31. The Morgan fingerprint density at radius 1 is 1.22 bits per heavy atom. The third-order valence-corrected chi connectivity index (χ3v) is 2.33. The highest BCUT2D eigenvalue weighted by Crippen LogP contribution is 2.03. The zero-order valence-corrected chi connectivity index (χ0v) is 9.89. The quantitative estimate of drug-likeness (QED) is 0.799. The Labute approximate surface area is 102 Å². The summed E-state index contributed by atoms with van der Waals surface area (Å²) in [5.41, 5.74) is 1.18. The fourth-order valence-electron chi connectivity index (χ4n) is 1.26. The van der Waals surface area contributed by atoms with E-state index in [0.29, 0.717) is 11.4 Å². The number of aryl methyl sites for hydroxylation is 2. The molecule has 2 aromatic heterocycles. The summed E-state index contributed by atoms with van der Waals surface area (Å²) in [5.74, 6) is -0.384. The van der Waals surface area contributed by atoms with Crippen molar-refractivity contribution in [1.29, 1.82) is 0 Å². The molecule has 2 rings (SSSR count). The summed E-state index contributed by atoms with van der Waals surface area (Å²) >= 11 is 0. The first-order valence-electron chi connectivity index (χ1n) is 5.25. The number of aromatic amines is 1. The molecule has 2 aromatic rings. The molecule has 0 saturated heterocycles. The second-order valence-electron chi connectivity index (χ2n) is 3.69. The van der Waals surface area contributed by atoms with Crippen LogP contribution < -0.4 is 10.9 Å². The monoisotopic (exact) mass is 245 g/mol. The van der Waals surface area contributed by atoms with Crippen LogP contribution in [-0.4, -0.2) is 26.1 Å². The molecule has 0 atom stereocenters. The van der Waals surface area contributed by atoms with Crippen molar-refractivity contribution in [3.05, 3.63) is 45.6 Å². The molecule has 1 amide bonds. The molecule has 0 aromatic carbocycles. The van der Waals surface area contributed by atoms with Crippen LogP contribution in [0.1, 0.15) is 21.9 Å². The van der Waals surface area contributed by atoms with Crippen LogP contribution in [0.5, 0.6) is 0 Å². The number of amides is 1. The van der Waals surface area contributed by atoms with Gasteiger partial charge in [0.2, 0.25) is 11.5 Å². The second kappa shape index (κ2) is 4.74. The average Bonchev–Trinajstić information content (AvgIpc) is 2.34. The SMILES string of the molecule is Cc1nnc(NC(=O)c2cccc(=O)[nH]2)nc1C. The smallest absolute Gasteiger partial charge is 0.274 e. The fourth-order valence-corrected chi connectivity index (χ4v) is 1.26. The van der Waals surface area contributed by atoms with Gasteiger partial charge in [-0.3, -0.25) is 14.9 Å². The number of rotatable bonds is 2. The van der Waals surface area contributed by atoms with Crippen LogP contribution in [0.3, 0.4) is 0 Å². The summed E-state index contributed by atoms with van der Waals surface area (Å²) in [6.07, 6.45) is 0. The van der Waals surface area contributed by atoms with Crippen molar-refractivity contribution in [3.8, 4) is 0 Å². The molecule has 0 radical (unpaired) electrons. The molecular weight excluding hydrogens is 234 g/mol. The largest absolute Gasteiger partial charge is 0.318 e. The molecule has 7 nitrogen and oxygen atoms in total. The number of nitrogens with zero attached hydrogens (tertiary/aromatic N) is 3. The molecule has 0 unspecified atom stereocenters. The average molecular weight is 245 g/mol. The Morgan fingerprint density at radius 3 is 2.67 bits per heavy atom. The van der Waals surface area contributed by atoms with Crippen LogP contribution in [0.4, 0.5) is 5.95 Å². The Kier molecular flexibility index (Phi) is 3.13. The highest BCUT2D eigenvalue weighted by atomic mass is 16.2. The molecule has 0 aliphatic rings. The predicted octanol–water partition coefficient (Wildman–Crippen LogP) is 0.429. The minimum Gasteiger partial charge on any atom is -0.318 e. The van der Waals surface area contributed by atoms with Gasteiger partial charge in [-0.15, -0.1) is 5.10 Å². The van der Waals surface area contributed by atoms with Crippen LogP contribution in [0.2, 0.25) is 0 Å². The lowest BCUT2D eigenvalue weighted by Crippen LogP contribution is -2.19. The number of aromatic nitrogens is 4. The van der Waals surface area contributed by atoms with Gasteiger partial charge in [-0.25, -0.2) is 4.98 Å². The van der Waals surface area contributed by atoms with Gasteiger partial charge in [0, 0.05) is 6.07 Å². The third-order valence-electron chi connectivity index (χ3n) is 2.33. The van der Waals surface area contributed by atoms with Crippen molar-refractivity contribution < 1.29 is 4.79 Å². The molecular formula is C11H11N5O2. The predicted molar refractivity (Wildman–Crippen MR) is 64.3 cm³/mol. The zero-order chi connectivity index (χ0) is 13.1. The molecule has 7 heteroatoms. The Balaban J connectivity index is 2.21. The van der Waals surface area contributed by atoms with Gasteiger partial charge in [0.05, 0.1) is 11.4 Å². The first-order valence-corrected chi connectivity index (χ1v) is 5.25. The van der Waals surface area contributed by atoms with E-state index in [9.17, 15) is 9.59 Å². The lowest BCUT2D eigenvalue weighted by molar-refractivity contribution is 0.102. The van der Waals surface area contributed by atoms with E-state index in [1.807, 2.05) is 0 Å². The molecule has 92 valence electrons. The molecule has 0 spiro atoms. The van der Waals surface area contributed by atoms with Crippen molar-refractivity contribution in [1.82, 2.24) is 20.2 Å². The third kappa shape index (κ3) is 2.57. The topological polar surface area (TPSA) is 101 Å². The number of hydrogen-bond donors (Lipinski definition) is 2. The highest BCUT2D eigenvalue weighted by molar-refractivity contribution is 6.01. The summed E-state index contributed by atoms with van der Waals surface area (Å²) in [7, 11) is 0. The van der Waals surface area contributed by atoms with Crippen LogP contribution in [0.25, 0.3) is 0 Å². The molecule has 18 heavy (non-hydrogen) atoms. The number of hydrogen-bond acceptors (Lipinski definition) is 5. The van der Waals surface area contributed by atoms with Gasteiger partial charge in [-0.1, -0.05) is 6.07 Å². The van der Waals surface area contributed by atoms with Crippen molar-refractivity contribution in [3.63, 3.8) is 0 Å². The Bertz CT molecular complexity index is 650.